The van der Waals surface area contributed by atoms with Crippen LogP contribution >= 0.6 is 0 Å². The molecule has 1 aliphatic heterocycles. The molecule has 0 fully saturated rings. The Labute approximate surface area is 132 Å². The van der Waals surface area contributed by atoms with Crippen molar-refractivity contribution in [3.8, 4) is 0 Å². The lowest BCUT2D eigenvalue weighted by Crippen LogP contribution is -2.15. The molecule has 1 aliphatic rings. The minimum absolute atomic E-state index is 0.109. The van der Waals surface area contributed by atoms with Gasteiger partial charge in [-0.15, -0.1) is 0 Å². The Kier molecular flexibility index (Phi) is 10.1. The highest BCUT2D eigenvalue weighted by atomic mass is 16.6. The average molecular weight is 314 g/mol. The zero-order chi connectivity index (χ0) is 16.0. The second-order valence-corrected chi connectivity index (χ2v) is 4.75. The Morgan fingerprint density at radius 3 is 2.18 bits per heavy atom. The maximum absolute atomic E-state index is 12.0. The molecular weight excluding hydrogens is 288 g/mol. The van der Waals surface area contributed by atoms with Crippen molar-refractivity contribution in [3.63, 3.8) is 0 Å². The first-order valence-corrected chi connectivity index (χ1v) is 7.65. The van der Waals surface area contributed by atoms with E-state index in [1.165, 1.54) is 6.08 Å². The minimum Gasteiger partial charge on any atom is -0.494 e. The first-order chi connectivity index (χ1) is 10.8. The summed E-state index contributed by atoms with van der Waals surface area (Å²) in [5.41, 5.74) is 0. The van der Waals surface area contributed by atoms with Crippen LogP contribution in [-0.4, -0.2) is 52.2 Å². The van der Waals surface area contributed by atoms with Gasteiger partial charge in [0.1, 0.15) is 12.4 Å². The maximum atomic E-state index is 12.0. The summed E-state index contributed by atoms with van der Waals surface area (Å²) in [5, 5.41) is 0. The van der Waals surface area contributed by atoms with Gasteiger partial charge in [-0.1, -0.05) is 12.7 Å². The maximum Gasteiger partial charge on any atom is 0.377 e. The molecule has 0 aromatic carbocycles. The van der Waals surface area contributed by atoms with E-state index in [1.54, 1.807) is 6.92 Å². The minimum atomic E-state index is -0.543. The van der Waals surface area contributed by atoms with E-state index in [9.17, 15) is 4.79 Å². The molecule has 0 N–H and O–H groups in total. The summed E-state index contributed by atoms with van der Waals surface area (Å²) in [6, 6.07) is 0. The van der Waals surface area contributed by atoms with Gasteiger partial charge < -0.3 is 23.7 Å². The topological polar surface area (TPSA) is 63.2 Å². The number of rotatable bonds is 3. The van der Waals surface area contributed by atoms with Crippen molar-refractivity contribution < 1.29 is 28.5 Å². The molecule has 0 saturated heterocycles. The molecule has 0 unspecified atom stereocenters. The zero-order valence-corrected chi connectivity index (χ0v) is 13.3. The monoisotopic (exact) mass is 314 g/mol. The number of carbonyl (C=O) groups excluding carboxylic acids is 1. The molecule has 0 radical (unpaired) electrons. The average Bonchev–Trinajstić information content (AvgIpc) is 2.52. The van der Waals surface area contributed by atoms with Crippen LogP contribution in [0.2, 0.25) is 0 Å². The quantitative estimate of drug-likeness (QED) is 0.588. The molecule has 22 heavy (non-hydrogen) atoms. The van der Waals surface area contributed by atoms with Gasteiger partial charge in [0.2, 0.25) is 5.76 Å². The Morgan fingerprint density at radius 2 is 1.59 bits per heavy atom. The normalized spacial score (nSPS) is 22.4. The summed E-state index contributed by atoms with van der Waals surface area (Å²) < 4.78 is 27.0. The van der Waals surface area contributed by atoms with E-state index in [0.29, 0.717) is 51.8 Å². The Morgan fingerprint density at radius 1 is 1.05 bits per heavy atom. The lowest BCUT2D eigenvalue weighted by molar-refractivity contribution is -0.142. The summed E-state index contributed by atoms with van der Waals surface area (Å²) >= 11 is 0. The van der Waals surface area contributed by atoms with Gasteiger partial charge in [-0.05, 0) is 13.3 Å². The standard InChI is InChI=1S/C16H26O6/c1-3-7-22-16(17)15-14(2)20-12-5-10-18-8-4-9-19-11-6-13-21-15/h3H,1,4-13H2,2H3/b15-14-. The van der Waals surface area contributed by atoms with Crippen LogP contribution in [0.5, 0.6) is 0 Å². The first kappa shape index (κ1) is 18.5. The molecule has 0 bridgehead atoms. The number of hydrogen-bond donors (Lipinski definition) is 0. The molecule has 0 aromatic rings. The van der Waals surface area contributed by atoms with E-state index in [1.807, 2.05) is 0 Å². The smallest absolute Gasteiger partial charge is 0.377 e. The Hall–Kier alpha value is -1.53. The number of esters is 1. The molecule has 0 saturated carbocycles. The molecule has 0 atom stereocenters. The van der Waals surface area contributed by atoms with E-state index >= 15 is 0 Å². The highest BCUT2D eigenvalue weighted by Gasteiger charge is 2.17. The molecule has 6 heteroatoms. The van der Waals surface area contributed by atoms with Crippen molar-refractivity contribution in [2.24, 2.45) is 0 Å². The zero-order valence-electron chi connectivity index (χ0n) is 13.3. The van der Waals surface area contributed by atoms with E-state index in [0.717, 1.165) is 12.8 Å². The number of allylic oxidation sites excluding steroid dienone is 1. The van der Waals surface area contributed by atoms with Crippen molar-refractivity contribution >= 4 is 5.97 Å². The van der Waals surface area contributed by atoms with E-state index < -0.39 is 5.97 Å². The summed E-state index contributed by atoms with van der Waals surface area (Å²) in [6.07, 6.45) is 3.81. The molecule has 1 rings (SSSR count). The third-order valence-corrected chi connectivity index (χ3v) is 2.85. The van der Waals surface area contributed by atoms with Gasteiger partial charge in [0.25, 0.3) is 0 Å². The summed E-state index contributed by atoms with van der Waals surface area (Å²) in [4.78, 5) is 12.0. The number of carbonyl (C=O) groups is 1. The predicted molar refractivity (Wildman–Crippen MR) is 81.2 cm³/mol. The van der Waals surface area contributed by atoms with E-state index in [4.69, 9.17) is 23.7 Å². The highest BCUT2D eigenvalue weighted by molar-refractivity contribution is 5.86. The molecule has 0 aliphatic carbocycles. The van der Waals surface area contributed by atoms with Crippen LogP contribution in [0.3, 0.4) is 0 Å². The third-order valence-electron chi connectivity index (χ3n) is 2.85. The van der Waals surface area contributed by atoms with Gasteiger partial charge in [-0.25, -0.2) is 4.79 Å². The van der Waals surface area contributed by atoms with Crippen LogP contribution in [0.15, 0.2) is 24.2 Å². The van der Waals surface area contributed by atoms with Gasteiger partial charge in [-0.2, -0.15) is 0 Å². The van der Waals surface area contributed by atoms with E-state index in [-0.39, 0.29) is 12.4 Å². The van der Waals surface area contributed by atoms with E-state index in [2.05, 4.69) is 6.58 Å². The van der Waals surface area contributed by atoms with Crippen LogP contribution in [0, 0.1) is 0 Å². The fourth-order valence-electron chi connectivity index (χ4n) is 1.76. The second kappa shape index (κ2) is 12.1. The number of hydrogen-bond acceptors (Lipinski definition) is 6. The van der Waals surface area contributed by atoms with Crippen LogP contribution in [-0.2, 0) is 28.5 Å². The van der Waals surface area contributed by atoms with Gasteiger partial charge in [0, 0.05) is 39.3 Å². The van der Waals surface area contributed by atoms with Crippen LogP contribution in [0.25, 0.3) is 0 Å². The summed E-state index contributed by atoms with van der Waals surface area (Å²) in [5.74, 6) is -0.0126. The van der Waals surface area contributed by atoms with Gasteiger partial charge in [0.05, 0.1) is 13.2 Å². The van der Waals surface area contributed by atoms with Crippen molar-refractivity contribution in [1.82, 2.24) is 0 Å². The van der Waals surface area contributed by atoms with Crippen LogP contribution in [0.1, 0.15) is 26.2 Å². The van der Waals surface area contributed by atoms with Gasteiger partial charge >= 0.3 is 5.97 Å². The Bertz CT molecular complexity index is 364. The van der Waals surface area contributed by atoms with Crippen LogP contribution < -0.4 is 0 Å². The van der Waals surface area contributed by atoms with Crippen molar-refractivity contribution in [2.45, 2.75) is 26.2 Å². The highest BCUT2D eigenvalue weighted by Crippen LogP contribution is 2.11. The Balaban J connectivity index is 2.60. The molecule has 0 aromatic heterocycles. The van der Waals surface area contributed by atoms with Crippen LogP contribution in [0.4, 0.5) is 0 Å². The lowest BCUT2D eigenvalue weighted by atomic mass is 10.4. The second-order valence-electron chi connectivity index (χ2n) is 4.75. The van der Waals surface area contributed by atoms with Crippen molar-refractivity contribution in [3.05, 3.63) is 24.2 Å². The lowest BCUT2D eigenvalue weighted by Gasteiger charge is -2.13. The molecule has 6 nitrogen and oxygen atoms in total. The van der Waals surface area contributed by atoms with Crippen molar-refractivity contribution in [2.75, 3.05) is 46.2 Å². The fourth-order valence-corrected chi connectivity index (χ4v) is 1.76. The molecule has 0 amide bonds. The molecule has 0 spiro atoms. The van der Waals surface area contributed by atoms with Crippen molar-refractivity contribution in [1.29, 1.82) is 0 Å². The fraction of sp³-hybridized carbons (Fsp3) is 0.688. The largest absolute Gasteiger partial charge is 0.494 e. The van der Waals surface area contributed by atoms with Gasteiger partial charge in [0.15, 0.2) is 0 Å². The first-order valence-electron chi connectivity index (χ1n) is 7.65. The summed E-state index contributed by atoms with van der Waals surface area (Å²) in [7, 11) is 0. The van der Waals surface area contributed by atoms with Gasteiger partial charge in [-0.3, -0.25) is 0 Å². The predicted octanol–water partition coefficient (Wildman–Crippen LogP) is 2.20. The molecule has 126 valence electrons. The molecule has 1 heterocycles. The summed E-state index contributed by atoms with van der Waals surface area (Å²) in [6.45, 7) is 8.72. The third kappa shape index (κ3) is 8.05. The molecular formula is C16H26O6. The SMILES string of the molecule is C=CCOC(=O)/C1=C(\C)OCCCOCCCOCCCO1. The number of ether oxygens (including phenoxy) is 5.